The van der Waals surface area contributed by atoms with Crippen LogP contribution in [0.2, 0.25) is 0 Å². The second-order valence-corrected chi connectivity index (χ2v) is 11.7. The summed E-state index contributed by atoms with van der Waals surface area (Å²) in [6.07, 6.45) is -8.94. The minimum atomic E-state index is -4.62. The van der Waals surface area contributed by atoms with Crippen molar-refractivity contribution in [1.29, 1.82) is 0 Å². The van der Waals surface area contributed by atoms with E-state index in [0.717, 1.165) is 0 Å². The average Bonchev–Trinajstić information content (AvgIpc) is 2.72. The summed E-state index contributed by atoms with van der Waals surface area (Å²) in [6.45, 7) is -0.997. The molecule has 0 saturated carbocycles. The van der Waals surface area contributed by atoms with Crippen molar-refractivity contribution in [2.24, 2.45) is 0 Å². The highest BCUT2D eigenvalue weighted by atomic mass is 32.3. The molecule has 2 rings (SSSR count). The van der Waals surface area contributed by atoms with Crippen LogP contribution < -0.4 is 0 Å². The smallest absolute Gasteiger partial charge is 0.191 e. The molecule has 0 aliphatic rings. The van der Waals surface area contributed by atoms with Gasteiger partial charge in [-0.25, -0.2) is 16.8 Å². The summed E-state index contributed by atoms with van der Waals surface area (Å²) >= 11 is 0. The lowest BCUT2D eigenvalue weighted by molar-refractivity contribution is -0.111. The highest BCUT2D eigenvalue weighted by Crippen LogP contribution is 2.26. The molecule has 11 heteroatoms. The summed E-state index contributed by atoms with van der Waals surface area (Å²) < 4.78 is 49.9. The summed E-state index contributed by atoms with van der Waals surface area (Å²) in [4.78, 5) is 0. The van der Waals surface area contributed by atoms with Gasteiger partial charge in [-0.3, -0.25) is 0 Å². The number of sulfone groups is 2. The molecule has 31 heavy (non-hydrogen) atoms. The predicted octanol–water partition coefficient (Wildman–Crippen LogP) is -1.02. The van der Waals surface area contributed by atoms with Gasteiger partial charge in [0.15, 0.2) is 24.3 Å². The third-order valence-electron chi connectivity index (χ3n) is 4.69. The van der Waals surface area contributed by atoms with E-state index in [4.69, 9.17) is 5.11 Å². The maximum Gasteiger partial charge on any atom is 0.191 e. The van der Waals surface area contributed by atoms with Crippen LogP contribution in [0.1, 0.15) is 11.1 Å². The van der Waals surface area contributed by atoms with Crippen LogP contribution in [0.4, 0.5) is 0 Å². The van der Waals surface area contributed by atoms with Gasteiger partial charge in [-0.2, -0.15) is 0 Å². The van der Waals surface area contributed by atoms with Crippen LogP contribution in [0.5, 0.6) is 0 Å². The predicted molar refractivity (Wildman–Crippen MR) is 113 cm³/mol. The van der Waals surface area contributed by atoms with Gasteiger partial charge in [-0.1, -0.05) is 60.7 Å². The van der Waals surface area contributed by atoms with E-state index >= 15 is 0 Å². The van der Waals surface area contributed by atoms with Crippen LogP contribution in [0.25, 0.3) is 0 Å². The summed E-state index contributed by atoms with van der Waals surface area (Å²) in [5, 5.41) is 49.2. The zero-order valence-corrected chi connectivity index (χ0v) is 18.1. The van der Waals surface area contributed by atoms with Crippen LogP contribution >= 0.6 is 0 Å². The maximum atomic E-state index is 13.1. The molecule has 0 unspecified atom stereocenters. The van der Waals surface area contributed by atoms with Gasteiger partial charge in [-0.05, 0) is 11.1 Å². The number of aliphatic hydroxyl groups is 5. The first kappa shape index (κ1) is 25.4. The Morgan fingerprint density at radius 1 is 0.613 bits per heavy atom. The van der Waals surface area contributed by atoms with Crippen molar-refractivity contribution in [3.63, 3.8) is 0 Å². The molecule has 4 atom stereocenters. The Kier molecular flexibility index (Phi) is 8.72. The Hall–Kier alpha value is -1.86. The number of hydrogen-bond donors (Lipinski definition) is 5. The van der Waals surface area contributed by atoms with Gasteiger partial charge < -0.3 is 25.5 Å². The fourth-order valence-electron chi connectivity index (χ4n) is 3.12. The second-order valence-electron chi connectivity index (χ2n) is 7.18. The Labute approximate surface area is 181 Å². The van der Waals surface area contributed by atoms with Crippen LogP contribution in [-0.4, -0.2) is 78.0 Å². The van der Waals surface area contributed by atoms with Crippen molar-refractivity contribution >= 4 is 19.7 Å². The lowest BCUT2D eigenvalue weighted by atomic mass is 10.0. The van der Waals surface area contributed by atoms with E-state index in [1.807, 2.05) is 0 Å². The highest BCUT2D eigenvalue weighted by Gasteiger charge is 2.48. The van der Waals surface area contributed by atoms with Crippen molar-refractivity contribution in [3.05, 3.63) is 71.8 Å². The van der Waals surface area contributed by atoms with E-state index in [9.17, 15) is 37.3 Å². The van der Waals surface area contributed by atoms with E-state index in [1.165, 1.54) is 24.3 Å². The van der Waals surface area contributed by atoms with Crippen molar-refractivity contribution in [1.82, 2.24) is 0 Å². The van der Waals surface area contributed by atoms with Gasteiger partial charge in [0.25, 0.3) is 0 Å². The first-order valence-electron chi connectivity index (χ1n) is 9.33. The standard InChI is InChI=1S/C20H26O9S2/c21-11-16(22)17(23)18(24)19(25)20(30(26,27)12-14-7-3-1-4-8-14)31(28,29)13-15-9-5-2-6-10-15/h1-10,16-25H,11-13H2/t16-,17-,18+,19+/m1/s1. The molecule has 0 radical (unpaired) electrons. The quantitative estimate of drug-likeness (QED) is 0.273. The molecule has 2 aromatic rings. The molecule has 0 bridgehead atoms. The minimum Gasteiger partial charge on any atom is -0.394 e. The zero-order chi connectivity index (χ0) is 23.2. The molecule has 172 valence electrons. The van der Waals surface area contributed by atoms with E-state index in [1.54, 1.807) is 36.4 Å². The Bertz CT molecular complexity index is 953. The largest absolute Gasteiger partial charge is 0.394 e. The summed E-state index contributed by atoms with van der Waals surface area (Å²) in [5.41, 5.74) is 0.528. The van der Waals surface area contributed by atoms with Crippen molar-refractivity contribution in [3.8, 4) is 0 Å². The second kappa shape index (κ2) is 10.6. The van der Waals surface area contributed by atoms with E-state index < -0.39 is 66.8 Å². The van der Waals surface area contributed by atoms with E-state index in [2.05, 4.69) is 0 Å². The summed E-state index contributed by atoms with van der Waals surface area (Å²) in [7, 11) is -9.23. The van der Waals surface area contributed by atoms with E-state index in [0.29, 0.717) is 0 Å². The number of rotatable bonds is 11. The molecule has 0 aliphatic heterocycles. The monoisotopic (exact) mass is 474 g/mol. The molecule has 0 amide bonds. The highest BCUT2D eigenvalue weighted by molar-refractivity contribution is 8.08. The fraction of sp³-hybridized carbons (Fsp3) is 0.400. The Morgan fingerprint density at radius 2 is 1.00 bits per heavy atom. The third kappa shape index (κ3) is 6.56. The zero-order valence-electron chi connectivity index (χ0n) is 16.5. The molecule has 0 aliphatic carbocycles. The molecule has 2 aromatic carbocycles. The normalized spacial score (nSPS) is 16.6. The topological polar surface area (TPSA) is 169 Å². The van der Waals surface area contributed by atoms with Crippen LogP contribution in [-0.2, 0) is 31.2 Å². The first-order valence-corrected chi connectivity index (χ1v) is 12.8. The number of aliphatic hydroxyl groups excluding tert-OH is 5. The van der Waals surface area contributed by atoms with Crippen molar-refractivity contribution < 1.29 is 42.4 Å². The van der Waals surface area contributed by atoms with Gasteiger partial charge in [0.05, 0.1) is 18.1 Å². The van der Waals surface area contributed by atoms with Gasteiger partial charge in [-0.15, -0.1) is 0 Å². The maximum absolute atomic E-state index is 13.1. The van der Waals surface area contributed by atoms with Gasteiger partial charge >= 0.3 is 0 Å². The molecule has 0 heterocycles. The minimum absolute atomic E-state index is 0.264. The van der Waals surface area contributed by atoms with Gasteiger partial charge in [0.1, 0.15) is 24.4 Å². The molecule has 5 N–H and O–H groups in total. The molecular weight excluding hydrogens is 448 g/mol. The van der Waals surface area contributed by atoms with E-state index in [-0.39, 0.29) is 11.1 Å². The third-order valence-corrected chi connectivity index (χ3v) is 9.89. The van der Waals surface area contributed by atoms with Crippen LogP contribution in [0.15, 0.2) is 60.7 Å². The van der Waals surface area contributed by atoms with Crippen LogP contribution in [0.3, 0.4) is 0 Å². The Balaban J connectivity index is 2.47. The van der Waals surface area contributed by atoms with Crippen LogP contribution in [0, 0.1) is 0 Å². The molecule has 9 nitrogen and oxygen atoms in total. The molecule has 0 saturated heterocycles. The number of benzene rings is 2. The van der Waals surface area contributed by atoms with Crippen molar-refractivity contribution in [2.75, 3.05) is 6.61 Å². The lowest BCUT2D eigenvalue weighted by Gasteiger charge is -2.30. The SMILES string of the molecule is O=S(=O)(Cc1ccccc1)C([C@@H](O)[C@@H](O)[C@H](O)[C@H](O)CO)S(=O)(=O)Cc1ccccc1. The van der Waals surface area contributed by atoms with Gasteiger partial charge in [0.2, 0.25) is 0 Å². The van der Waals surface area contributed by atoms with Gasteiger partial charge in [0, 0.05) is 0 Å². The Morgan fingerprint density at radius 3 is 1.35 bits per heavy atom. The summed E-state index contributed by atoms with van der Waals surface area (Å²) in [6, 6.07) is 15.4. The lowest BCUT2D eigenvalue weighted by Crippen LogP contribution is -2.54. The first-order chi connectivity index (χ1) is 14.5. The summed E-state index contributed by atoms with van der Waals surface area (Å²) in [5.74, 6) is -1.48. The fourth-order valence-corrected chi connectivity index (χ4v) is 8.13. The van der Waals surface area contributed by atoms with Crippen molar-refractivity contribution in [2.45, 2.75) is 40.5 Å². The molecule has 0 fully saturated rings. The molecule has 0 spiro atoms. The molecular formula is C20H26O9S2. The molecule has 0 aromatic heterocycles. The average molecular weight is 475 g/mol. The number of hydrogen-bond acceptors (Lipinski definition) is 9.